The van der Waals surface area contributed by atoms with Gasteiger partial charge in [0, 0.05) is 6.04 Å². The fraction of sp³-hybridized carbons (Fsp3) is 1.00. The third kappa shape index (κ3) is 2.43. The van der Waals surface area contributed by atoms with Crippen molar-refractivity contribution >= 4 is 0 Å². The largest absolute Gasteiger partial charge is 0.271 e. The van der Waals surface area contributed by atoms with Crippen molar-refractivity contribution in [3.63, 3.8) is 0 Å². The average Bonchev–Trinajstić information content (AvgIpc) is 2.75. The summed E-state index contributed by atoms with van der Waals surface area (Å²) in [6, 6.07) is 0.567. The zero-order valence-corrected chi connectivity index (χ0v) is 11.0. The molecule has 2 saturated carbocycles. The normalized spacial score (nSPS) is 32.8. The highest BCUT2D eigenvalue weighted by molar-refractivity contribution is 4.93. The molecule has 0 aliphatic heterocycles. The first-order chi connectivity index (χ1) is 7.65. The molecule has 2 nitrogen and oxygen atoms in total. The van der Waals surface area contributed by atoms with E-state index in [1.54, 1.807) is 0 Å². The molecule has 0 aromatic rings. The van der Waals surface area contributed by atoms with Crippen molar-refractivity contribution in [3.05, 3.63) is 0 Å². The Labute approximate surface area is 100 Å². The molecule has 2 aliphatic carbocycles. The van der Waals surface area contributed by atoms with Gasteiger partial charge >= 0.3 is 0 Å². The molecule has 0 aromatic heterocycles. The molecule has 0 bridgehead atoms. The topological polar surface area (TPSA) is 38.0 Å². The highest BCUT2D eigenvalue weighted by atomic mass is 15.2. The van der Waals surface area contributed by atoms with E-state index >= 15 is 0 Å². The Kier molecular flexibility index (Phi) is 3.91. The molecular formula is C14H28N2. The van der Waals surface area contributed by atoms with E-state index in [1.807, 2.05) is 0 Å². The SMILES string of the molecule is CC1(C)CCCCC1C(NN)C1CCCC1. The van der Waals surface area contributed by atoms with E-state index in [-0.39, 0.29) is 0 Å². The monoisotopic (exact) mass is 224 g/mol. The summed E-state index contributed by atoms with van der Waals surface area (Å²) in [6.07, 6.45) is 11.2. The van der Waals surface area contributed by atoms with E-state index in [4.69, 9.17) is 5.84 Å². The Morgan fingerprint density at radius 3 is 2.25 bits per heavy atom. The number of nitrogens with two attached hydrogens (primary N) is 1. The summed E-state index contributed by atoms with van der Waals surface area (Å²) in [6.45, 7) is 4.88. The van der Waals surface area contributed by atoms with Crippen LogP contribution in [0.4, 0.5) is 0 Å². The van der Waals surface area contributed by atoms with Crippen molar-refractivity contribution in [3.8, 4) is 0 Å². The highest BCUT2D eigenvalue weighted by Gasteiger charge is 2.40. The Morgan fingerprint density at radius 1 is 1.06 bits per heavy atom. The van der Waals surface area contributed by atoms with E-state index in [0.717, 1.165) is 11.8 Å². The van der Waals surface area contributed by atoms with Gasteiger partial charge in [0.1, 0.15) is 0 Å². The lowest BCUT2D eigenvalue weighted by atomic mass is 9.63. The van der Waals surface area contributed by atoms with Crippen LogP contribution in [0.3, 0.4) is 0 Å². The van der Waals surface area contributed by atoms with Crippen molar-refractivity contribution in [1.82, 2.24) is 5.43 Å². The molecule has 2 unspecified atom stereocenters. The molecule has 2 atom stereocenters. The lowest BCUT2D eigenvalue weighted by Gasteiger charge is -2.45. The summed E-state index contributed by atoms with van der Waals surface area (Å²) in [5.41, 5.74) is 3.65. The van der Waals surface area contributed by atoms with Gasteiger partial charge in [-0.05, 0) is 42.9 Å². The van der Waals surface area contributed by atoms with Crippen LogP contribution in [0.5, 0.6) is 0 Å². The molecule has 2 heteroatoms. The summed E-state index contributed by atoms with van der Waals surface area (Å²) in [5.74, 6) is 7.48. The average molecular weight is 224 g/mol. The minimum Gasteiger partial charge on any atom is -0.271 e. The van der Waals surface area contributed by atoms with Gasteiger partial charge in [-0.2, -0.15) is 0 Å². The molecule has 2 rings (SSSR count). The maximum Gasteiger partial charge on any atom is 0.0272 e. The molecule has 0 spiro atoms. The van der Waals surface area contributed by atoms with Gasteiger partial charge in [0.2, 0.25) is 0 Å². The first-order valence-corrected chi connectivity index (χ1v) is 7.11. The second-order valence-electron chi connectivity index (χ2n) is 6.58. The van der Waals surface area contributed by atoms with Crippen LogP contribution in [0.15, 0.2) is 0 Å². The molecule has 0 saturated heterocycles. The lowest BCUT2D eigenvalue weighted by molar-refractivity contribution is 0.0740. The summed E-state index contributed by atoms with van der Waals surface area (Å²) in [7, 11) is 0. The van der Waals surface area contributed by atoms with Crippen molar-refractivity contribution in [2.75, 3.05) is 0 Å². The third-order valence-electron chi connectivity index (χ3n) is 5.12. The Bertz CT molecular complexity index is 219. The quantitative estimate of drug-likeness (QED) is 0.570. The van der Waals surface area contributed by atoms with Crippen molar-refractivity contribution in [2.24, 2.45) is 23.1 Å². The molecule has 94 valence electrons. The van der Waals surface area contributed by atoms with Crippen molar-refractivity contribution in [2.45, 2.75) is 71.3 Å². The molecule has 3 N–H and O–H groups in total. The Hall–Kier alpha value is -0.0800. The van der Waals surface area contributed by atoms with E-state index < -0.39 is 0 Å². The van der Waals surface area contributed by atoms with E-state index in [9.17, 15) is 0 Å². The van der Waals surface area contributed by atoms with Crippen LogP contribution in [0.2, 0.25) is 0 Å². The smallest absolute Gasteiger partial charge is 0.0272 e. The minimum absolute atomic E-state index is 0.484. The van der Waals surface area contributed by atoms with Gasteiger partial charge < -0.3 is 0 Å². The molecule has 0 aromatic carbocycles. The fourth-order valence-corrected chi connectivity index (χ4v) is 4.08. The number of hydrogen-bond acceptors (Lipinski definition) is 2. The first kappa shape index (κ1) is 12.4. The molecule has 0 amide bonds. The van der Waals surface area contributed by atoms with Gasteiger partial charge in [-0.3, -0.25) is 11.3 Å². The van der Waals surface area contributed by atoms with Crippen LogP contribution in [0.25, 0.3) is 0 Å². The van der Waals surface area contributed by atoms with Crippen molar-refractivity contribution < 1.29 is 0 Å². The molecule has 0 heterocycles. The maximum atomic E-state index is 5.85. The number of rotatable bonds is 3. The second kappa shape index (κ2) is 5.05. The van der Waals surface area contributed by atoms with Gasteiger partial charge in [-0.15, -0.1) is 0 Å². The highest BCUT2D eigenvalue weighted by Crippen LogP contribution is 2.45. The van der Waals surface area contributed by atoms with Crippen LogP contribution in [-0.4, -0.2) is 6.04 Å². The zero-order chi connectivity index (χ0) is 11.6. The number of nitrogens with one attached hydrogen (secondary N) is 1. The maximum absolute atomic E-state index is 5.85. The lowest BCUT2D eigenvalue weighted by Crippen LogP contribution is -2.51. The number of hydrazine groups is 1. The summed E-state index contributed by atoms with van der Waals surface area (Å²) < 4.78 is 0. The second-order valence-corrected chi connectivity index (χ2v) is 6.58. The Morgan fingerprint density at radius 2 is 1.69 bits per heavy atom. The van der Waals surface area contributed by atoms with E-state index in [0.29, 0.717) is 11.5 Å². The summed E-state index contributed by atoms with van der Waals surface area (Å²) in [4.78, 5) is 0. The van der Waals surface area contributed by atoms with Crippen LogP contribution in [-0.2, 0) is 0 Å². The van der Waals surface area contributed by atoms with Gasteiger partial charge in [-0.1, -0.05) is 39.5 Å². The fourth-order valence-electron chi connectivity index (χ4n) is 4.08. The predicted molar refractivity (Wildman–Crippen MR) is 68.8 cm³/mol. The molecule has 16 heavy (non-hydrogen) atoms. The van der Waals surface area contributed by atoms with Crippen LogP contribution in [0.1, 0.15) is 65.2 Å². The molecular weight excluding hydrogens is 196 g/mol. The van der Waals surface area contributed by atoms with Crippen molar-refractivity contribution in [1.29, 1.82) is 0 Å². The van der Waals surface area contributed by atoms with Gasteiger partial charge in [0.15, 0.2) is 0 Å². The molecule has 2 fully saturated rings. The van der Waals surface area contributed by atoms with E-state index in [1.165, 1.54) is 51.4 Å². The van der Waals surface area contributed by atoms with E-state index in [2.05, 4.69) is 19.3 Å². The number of hydrogen-bond donors (Lipinski definition) is 2. The minimum atomic E-state index is 0.484. The van der Waals surface area contributed by atoms with Crippen LogP contribution < -0.4 is 11.3 Å². The van der Waals surface area contributed by atoms with Gasteiger partial charge in [-0.25, -0.2) is 0 Å². The summed E-state index contributed by atoms with van der Waals surface area (Å²) in [5, 5.41) is 0. The van der Waals surface area contributed by atoms with Gasteiger partial charge in [0.25, 0.3) is 0 Å². The predicted octanol–water partition coefficient (Wildman–Crippen LogP) is 3.22. The standard InChI is InChI=1S/C14H28N2/c1-14(2)10-6-5-9-12(14)13(16-15)11-7-3-4-8-11/h11-13,16H,3-10,15H2,1-2H3. The van der Waals surface area contributed by atoms with Crippen LogP contribution in [0, 0.1) is 17.3 Å². The Balaban J connectivity index is 2.06. The summed E-state index contributed by atoms with van der Waals surface area (Å²) >= 11 is 0. The van der Waals surface area contributed by atoms with Gasteiger partial charge in [0.05, 0.1) is 0 Å². The molecule has 2 aliphatic rings. The zero-order valence-electron chi connectivity index (χ0n) is 11.0. The van der Waals surface area contributed by atoms with Crippen LogP contribution >= 0.6 is 0 Å². The molecule has 0 radical (unpaired) electrons. The first-order valence-electron chi connectivity index (χ1n) is 7.11. The third-order valence-corrected chi connectivity index (χ3v) is 5.12.